The summed E-state index contributed by atoms with van der Waals surface area (Å²) in [6.07, 6.45) is 8.57. The van der Waals surface area contributed by atoms with Crippen molar-refractivity contribution >= 4 is 68.5 Å². The number of hydrogen-bond acceptors (Lipinski definition) is 9. The Morgan fingerprint density at radius 2 is 2.00 bits per heavy atom. The Labute approximate surface area is 250 Å². The molecule has 0 spiro atoms. The van der Waals surface area contributed by atoms with Crippen molar-refractivity contribution in [2.75, 3.05) is 49.1 Å². The van der Waals surface area contributed by atoms with Gasteiger partial charge in [-0.05, 0) is 63.4 Å². The van der Waals surface area contributed by atoms with Gasteiger partial charge in [0.2, 0.25) is 0 Å². The van der Waals surface area contributed by atoms with Gasteiger partial charge in [-0.15, -0.1) is 11.8 Å². The fourth-order valence-corrected chi connectivity index (χ4v) is 9.22. The predicted molar refractivity (Wildman–Crippen MR) is 167 cm³/mol. The van der Waals surface area contributed by atoms with Gasteiger partial charge in [0, 0.05) is 64.4 Å². The zero-order valence-electron chi connectivity index (χ0n) is 22.7. The van der Waals surface area contributed by atoms with Crippen LogP contribution in [0.2, 0.25) is 5.02 Å². The van der Waals surface area contributed by atoms with Crippen LogP contribution in [0, 0.1) is 0 Å². The molecule has 8 nitrogen and oxygen atoms in total. The summed E-state index contributed by atoms with van der Waals surface area (Å²) in [6.45, 7) is 8.39. The van der Waals surface area contributed by atoms with Crippen molar-refractivity contribution in [1.29, 1.82) is 0 Å². The van der Waals surface area contributed by atoms with Gasteiger partial charge in [0.1, 0.15) is 11.6 Å². The SMILES string of the molecule is C=C/C(F)=c1/sc(N)n/c1=C\c1c(Cl)cc2c(N3CC4CCC(C3)N4)nc(=O)n3c2c1SC[C@@H]3CCN1CCCC1. The Balaban J connectivity index is 1.43. The van der Waals surface area contributed by atoms with E-state index in [1.165, 1.54) is 12.8 Å². The van der Waals surface area contributed by atoms with Crippen molar-refractivity contribution < 1.29 is 4.39 Å². The third kappa shape index (κ3) is 4.99. The highest BCUT2D eigenvalue weighted by Crippen LogP contribution is 2.44. The number of allylic oxidation sites excluding steroid dienone is 1. The third-order valence-corrected chi connectivity index (χ3v) is 11.2. The molecule has 1 aromatic carbocycles. The van der Waals surface area contributed by atoms with E-state index in [2.05, 4.69) is 26.7 Å². The van der Waals surface area contributed by atoms with Crippen LogP contribution in [0.5, 0.6) is 0 Å². The van der Waals surface area contributed by atoms with Gasteiger partial charge in [-0.3, -0.25) is 4.57 Å². The molecule has 3 saturated heterocycles. The normalized spacial score (nSPS) is 25.4. The van der Waals surface area contributed by atoms with E-state index in [0.717, 1.165) is 96.5 Å². The molecule has 4 aliphatic heterocycles. The van der Waals surface area contributed by atoms with Crippen LogP contribution in [0.3, 0.4) is 0 Å². The minimum Gasteiger partial charge on any atom is -0.375 e. The number of thiazole rings is 1. The summed E-state index contributed by atoms with van der Waals surface area (Å²) in [4.78, 5) is 28.7. The molecule has 3 atom stereocenters. The number of piperazine rings is 1. The summed E-state index contributed by atoms with van der Waals surface area (Å²) in [6, 6.07) is 2.75. The number of anilines is 2. The Hall–Kier alpha value is -2.44. The zero-order valence-corrected chi connectivity index (χ0v) is 25.1. The van der Waals surface area contributed by atoms with E-state index in [4.69, 9.17) is 22.3 Å². The number of aromatic nitrogens is 3. The van der Waals surface area contributed by atoms with E-state index in [9.17, 15) is 9.18 Å². The number of hydrogen-bond donors (Lipinski definition) is 2. The van der Waals surface area contributed by atoms with E-state index in [1.807, 2.05) is 10.6 Å². The second kappa shape index (κ2) is 11.0. The molecular formula is C29H33ClFN7OS2. The van der Waals surface area contributed by atoms with Crippen molar-refractivity contribution in [1.82, 2.24) is 24.8 Å². The molecule has 7 rings (SSSR count). The zero-order chi connectivity index (χ0) is 28.2. The first-order chi connectivity index (χ1) is 19.9. The first-order valence-electron chi connectivity index (χ1n) is 14.3. The number of thioether (sulfide) groups is 1. The van der Waals surface area contributed by atoms with Crippen molar-refractivity contribution in [3.05, 3.63) is 49.7 Å². The molecule has 0 radical (unpaired) electrons. The van der Waals surface area contributed by atoms with E-state index in [-0.39, 0.29) is 16.9 Å². The molecule has 2 bridgehead atoms. The lowest BCUT2D eigenvalue weighted by Gasteiger charge is -2.36. The van der Waals surface area contributed by atoms with Gasteiger partial charge in [-0.25, -0.2) is 14.2 Å². The summed E-state index contributed by atoms with van der Waals surface area (Å²) in [5, 5.41) is 5.74. The Morgan fingerprint density at radius 3 is 2.73 bits per heavy atom. The number of nitrogens with one attached hydrogen (secondary N) is 1. The largest absolute Gasteiger partial charge is 0.375 e. The summed E-state index contributed by atoms with van der Waals surface area (Å²) in [7, 11) is 0. The molecule has 0 saturated carbocycles. The van der Waals surface area contributed by atoms with Gasteiger partial charge in [-0.2, -0.15) is 4.98 Å². The van der Waals surface area contributed by atoms with Crippen LogP contribution in [0.1, 0.15) is 43.7 Å². The number of fused-ring (bicyclic) bond motifs is 2. The fraction of sp³-hybridized carbons (Fsp3) is 0.483. The molecule has 3 fully saturated rings. The highest BCUT2D eigenvalue weighted by atomic mass is 35.5. The van der Waals surface area contributed by atoms with Crippen LogP contribution in [0.4, 0.5) is 15.3 Å². The molecule has 4 aliphatic rings. The lowest BCUT2D eigenvalue weighted by molar-refractivity contribution is 0.307. The van der Waals surface area contributed by atoms with Crippen LogP contribution in [-0.4, -0.2) is 70.0 Å². The smallest absolute Gasteiger partial charge is 0.350 e. The Kier molecular flexibility index (Phi) is 7.35. The second-order valence-corrected chi connectivity index (χ2v) is 13.9. The van der Waals surface area contributed by atoms with Gasteiger partial charge in [-0.1, -0.05) is 29.5 Å². The monoisotopic (exact) mass is 613 g/mol. The minimum absolute atomic E-state index is 0.0231. The first kappa shape index (κ1) is 27.4. The number of benzene rings is 1. The predicted octanol–water partition coefficient (Wildman–Crippen LogP) is 3.25. The van der Waals surface area contributed by atoms with Gasteiger partial charge in [0.05, 0.1) is 15.4 Å². The van der Waals surface area contributed by atoms with Crippen LogP contribution < -0.4 is 31.5 Å². The quantitative estimate of drug-likeness (QED) is 0.438. The average molecular weight is 614 g/mol. The van der Waals surface area contributed by atoms with Crippen LogP contribution >= 0.6 is 34.7 Å². The summed E-state index contributed by atoms with van der Waals surface area (Å²) in [5.41, 5.74) is 7.34. The van der Waals surface area contributed by atoms with Gasteiger partial charge >= 0.3 is 5.69 Å². The summed E-state index contributed by atoms with van der Waals surface area (Å²) in [5.74, 6) is 0.955. The lowest BCUT2D eigenvalue weighted by Crippen LogP contribution is -2.52. The van der Waals surface area contributed by atoms with E-state index < -0.39 is 5.83 Å². The average Bonchev–Trinajstić information content (AvgIpc) is 3.70. The topological polar surface area (TPSA) is 92.3 Å². The van der Waals surface area contributed by atoms with Gasteiger partial charge in [0.15, 0.2) is 5.13 Å². The maximum Gasteiger partial charge on any atom is 0.350 e. The highest BCUT2D eigenvalue weighted by molar-refractivity contribution is 7.99. The van der Waals surface area contributed by atoms with Crippen molar-refractivity contribution in [2.45, 2.75) is 55.1 Å². The number of nitrogen functional groups attached to an aromatic ring is 1. The second-order valence-electron chi connectivity index (χ2n) is 11.4. The fourth-order valence-electron chi connectivity index (χ4n) is 6.82. The third-order valence-electron chi connectivity index (χ3n) is 8.76. The van der Waals surface area contributed by atoms with Crippen molar-refractivity contribution in [3.8, 4) is 0 Å². The molecular weight excluding hydrogens is 581 g/mol. The van der Waals surface area contributed by atoms with Crippen molar-refractivity contribution in [3.63, 3.8) is 0 Å². The molecule has 41 heavy (non-hydrogen) atoms. The van der Waals surface area contributed by atoms with Gasteiger partial charge < -0.3 is 20.9 Å². The standard InChI is InChI=1S/C29H33ClFN7OS2/c1-2-22(31)26-23(34-28(32)41-26)12-19-21(30)11-20-24-25(19)40-15-18(7-10-36-8-3-4-9-36)38(24)29(39)35-27(20)37-13-16-5-6-17(14-37)33-16/h2,11-12,16-18,33H,1,3-10,13-15H2,(H2,32,34)/b23-12-,26-22-/t16?,17?,18-/m0/s1. The highest BCUT2D eigenvalue weighted by Gasteiger charge is 2.35. The number of halogens is 2. The lowest BCUT2D eigenvalue weighted by atomic mass is 10.1. The minimum atomic E-state index is -0.484. The number of nitrogens with two attached hydrogens (primary N) is 1. The number of rotatable bonds is 6. The molecule has 2 unspecified atom stereocenters. The molecule has 3 N–H and O–H groups in total. The molecule has 0 amide bonds. The number of nitrogens with zero attached hydrogens (tertiary/aromatic N) is 5. The number of likely N-dealkylation sites (tertiary alicyclic amines) is 1. The van der Waals surface area contributed by atoms with Crippen LogP contribution in [0.15, 0.2) is 28.4 Å². The van der Waals surface area contributed by atoms with E-state index in [1.54, 1.807) is 17.8 Å². The molecule has 0 aliphatic carbocycles. The van der Waals surface area contributed by atoms with Gasteiger partial charge in [0.25, 0.3) is 0 Å². The molecule has 2 aromatic heterocycles. The molecule has 3 aromatic rings. The first-order valence-corrected chi connectivity index (χ1v) is 16.5. The van der Waals surface area contributed by atoms with Crippen molar-refractivity contribution in [2.24, 2.45) is 0 Å². The molecule has 12 heteroatoms. The maximum atomic E-state index is 14.7. The molecule has 216 valence electrons. The molecule has 6 heterocycles. The van der Waals surface area contributed by atoms with E-state index in [0.29, 0.717) is 32.8 Å². The van der Waals surface area contributed by atoms with E-state index >= 15 is 0 Å². The Bertz CT molecular complexity index is 1700. The maximum absolute atomic E-state index is 14.7. The van der Waals surface area contributed by atoms with Crippen LogP contribution in [0.25, 0.3) is 22.8 Å². The van der Waals surface area contributed by atoms with Crippen LogP contribution in [-0.2, 0) is 0 Å². The Morgan fingerprint density at radius 1 is 1.24 bits per heavy atom. The summed E-state index contributed by atoms with van der Waals surface area (Å²) < 4.78 is 16.9. The summed E-state index contributed by atoms with van der Waals surface area (Å²) >= 11 is 9.80.